The summed E-state index contributed by atoms with van der Waals surface area (Å²) >= 11 is 0. The molecule has 2 aromatic rings. The molecule has 0 bridgehead atoms. The van der Waals surface area contributed by atoms with Gasteiger partial charge in [0.15, 0.2) is 11.5 Å². The molecule has 23 heavy (non-hydrogen) atoms. The van der Waals surface area contributed by atoms with Gasteiger partial charge in [0.05, 0.1) is 19.5 Å². The number of ether oxygens (including phenoxy) is 1. The molecule has 11 nitrogen and oxygen atoms in total. The monoisotopic (exact) mass is 343 g/mol. The van der Waals surface area contributed by atoms with E-state index in [2.05, 4.69) is 15.0 Å². The molecule has 4 rings (SSSR count). The lowest BCUT2D eigenvalue weighted by molar-refractivity contribution is -0.0556. The molecule has 124 valence electrons. The average Bonchev–Trinajstić information content (AvgIpc) is 3.03. The summed E-state index contributed by atoms with van der Waals surface area (Å²) < 4.78 is 28.4. The first-order valence-electron chi connectivity index (χ1n) is 6.85. The fourth-order valence-corrected chi connectivity index (χ4v) is 3.77. The van der Waals surface area contributed by atoms with Gasteiger partial charge in [0, 0.05) is 0 Å². The molecular formula is C11H14N5O6P. The topological polar surface area (TPSA) is 155 Å². The number of nitrogens with two attached hydrogens (primary N) is 1. The van der Waals surface area contributed by atoms with E-state index in [1.807, 2.05) is 0 Å². The smallest absolute Gasteiger partial charge is 0.387 e. The summed E-state index contributed by atoms with van der Waals surface area (Å²) in [6.07, 6.45) is -0.443. The van der Waals surface area contributed by atoms with E-state index in [0.717, 1.165) is 0 Å². The van der Waals surface area contributed by atoms with Crippen LogP contribution in [0.25, 0.3) is 11.2 Å². The minimum absolute atomic E-state index is 0.119. The Balaban J connectivity index is 1.57. The maximum absolute atomic E-state index is 11.5. The molecule has 0 amide bonds. The fourth-order valence-electron chi connectivity index (χ4n) is 2.81. The first-order chi connectivity index (χ1) is 10.9. The maximum atomic E-state index is 11.5. The van der Waals surface area contributed by atoms with Gasteiger partial charge in [-0.25, -0.2) is 19.5 Å². The van der Waals surface area contributed by atoms with Gasteiger partial charge in [-0.05, 0) is 0 Å². The normalized spacial score (nSPS) is 37.1. The van der Waals surface area contributed by atoms with Crippen LogP contribution in [-0.2, 0) is 24.9 Å². The summed E-state index contributed by atoms with van der Waals surface area (Å²) in [6.45, 7) is 0.103. The standard InChI is InChI=1S/C11H14N5O6P/c12-10-7-11(14-3-13-10)16(4-15-7)1-5-8(17)9-6(21-5)2-20-23(18,19)22-9/h3-6,8-9,17H,1-2H2,(H,18,19)(H2,12,13,14)/t5-,6-,8?,9?/m0/s1. The van der Waals surface area contributed by atoms with Crippen LogP contribution in [0.2, 0.25) is 0 Å². The third-order valence-corrected chi connectivity index (χ3v) is 4.88. The lowest BCUT2D eigenvalue weighted by Gasteiger charge is -2.28. The summed E-state index contributed by atoms with van der Waals surface area (Å²) in [4.78, 5) is 21.5. The number of aliphatic hydroxyl groups is 1. The number of phosphoric acid groups is 1. The number of phosphoric ester groups is 1. The van der Waals surface area contributed by atoms with Crippen molar-refractivity contribution in [3.05, 3.63) is 12.7 Å². The van der Waals surface area contributed by atoms with E-state index in [1.54, 1.807) is 4.57 Å². The minimum atomic E-state index is -4.13. The number of hydrogen-bond donors (Lipinski definition) is 3. The van der Waals surface area contributed by atoms with E-state index < -0.39 is 32.2 Å². The molecule has 5 atom stereocenters. The van der Waals surface area contributed by atoms with Crippen LogP contribution >= 0.6 is 7.82 Å². The molecule has 2 aliphatic heterocycles. The number of hydrogen-bond acceptors (Lipinski definition) is 9. The van der Waals surface area contributed by atoms with Crippen LogP contribution in [0.5, 0.6) is 0 Å². The molecule has 0 radical (unpaired) electrons. The fraction of sp³-hybridized carbons (Fsp3) is 0.545. The zero-order valence-corrected chi connectivity index (χ0v) is 12.6. The van der Waals surface area contributed by atoms with Gasteiger partial charge >= 0.3 is 7.82 Å². The molecule has 0 aliphatic carbocycles. The van der Waals surface area contributed by atoms with Gasteiger partial charge in [-0.2, -0.15) is 0 Å². The van der Waals surface area contributed by atoms with E-state index in [4.69, 9.17) is 19.5 Å². The van der Waals surface area contributed by atoms with Crippen LogP contribution in [0.3, 0.4) is 0 Å². The second kappa shape index (κ2) is 5.20. The van der Waals surface area contributed by atoms with Crippen molar-refractivity contribution < 1.29 is 28.3 Å². The summed E-state index contributed by atoms with van der Waals surface area (Å²) in [5, 5.41) is 10.3. The molecule has 12 heteroatoms. The molecule has 2 fully saturated rings. The molecule has 0 aromatic carbocycles. The molecule has 2 aliphatic rings. The predicted molar refractivity (Wildman–Crippen MR) is 75.1 cm³/mol. The van der Waals surface area contributed by atoms with Crippen LogP contribution in [0.4, 0.5) is 5.82 Å². The van der Waals surface area contributed by atoms with Gasteiger partial charge < -0.3 is 25.0 Å². The largest absolute Gasteiger partial charge is 0.472 e. The zero-order valence-electron chi connectivity index (χ0n) is 11.7. The number of aromatic nitrogens is 4. The van der Waals surface area contributed by atoms with Gasteiger partial charge in [0.2, 0.25) is 0 Å². The van der Waals surface area contributed by atoms with Crippen molar-refractivity contribution in [2.75, 3.05) is 12.3 Å². The van der Waals surface area contributed by atoms with Crippen LogP contribution in [0.1, 0.15) is 0 Å². The van der Waals surface area contributed by atoms with Crippen LogP contribution in [0, 0.1) is 0 Å². The Morgan fingerprint density at radius 2 is 2.26 bits per heavy atom. The van der Waals surface area contributed by atoms with Crippen LogP contribution < -0.4 is 5.73 Å². The lowest BCUT2D eigenvalue weighted by atomic mass is 10.1. The quantitative estimate of drug-likeness (QED) is 0.581. The highest BCUT2D eigenvalue weighted by Gasteiger charge is 2.51. The third kappa shape index (κ3) is 2.51. The highest BCUT2D eigenvalue weighted by Crippen LogP contribution is 2.51. The SMILES string of the molecule is Nc1ncnc2c1ncn2C[C@@H]1O[C@H]2COP(=O)(O)OC2C1O. The van der Waals surface area contributed by atoms with Crippen molar-refractivity contribution in [3.63, 3.8) is 0 Å². The van der Waals surface area contributed by atoms with E-state index in [-0.39, 0.29) is 19.0 Å². The van der Waals surface area contributed by atoms with Crippen molar-refractivity contribution in [3.8, 4) is 0 Å². The summed E-state index contributed by atoms with van der Waals surface area (Å²) in [7, 11) is -4.13. The number of nitrogen functional groups attached to an aromatic ring is 1. The van der Waals surface area contributed by atoms with E-state index in [1.165, 1.54) is 12.7 Å². The van der Waals surface area contributed by atoms with Gasteiger partial charge in [-0.3, -0.25) is 9.05 Å². The lowest BCUT2D eigenvalue weighted by Crippen LogP contribution is -2.40. The third-order valence-electron chi connectivity index (χ3n) is 3.90. The first-order valence-corrected chi connectivity index (χ1v) is 8.35. The number of rotatable bonds is 2. The van der Waals surface area contributed by atoms with Crippen molar-refractivity contribution >= 4 is 24.8 Å². The summed E-state index contributed by atoms with van der Waals surface area (Å²) in [6, 6.07) is 0. The number of imidazole rings is 1. The Kier molecular flexibility index (Phi) is 3.38. The Morgan fingerprint density at radius 3 is 3.09 bits per heavy atom. The number of fused-ring (bicyclic) bond motifs is 2. The van der Waals surface area contributed by atoms with Crippen molar-refractivity contribution in [2.24, 2.45) is 0 Å². The minimum Gasteiger partial charge on any atom is -0.387 e. The highest BCUT2D eigenvalue weighted by atomic mass is 31.2. The Labute approximate surface area is 129 Å². The van der Waals surface area contributed by atoms with Crippen LogP contribution in [0.15, 0.2) is 12.7 Å². The summed E-state index contributed by atoms with van der Waals surface area (Å²) in [5.74, 6) is 0.258. The second-order valence-electron chi connectivity index (χ2n) is 5.37. The highest BCUT2D eigenvalue weighted by molar-refractivity contribution is 7.47. The second-order valence-corrected chi connectivity index (χ2v) is 6.77. The average molecular weight is 343 g/mol. The Bertz CT molecular complexity index is 798. The Hall–Kier alpha value is -1.62. The molecule has 4 N–H and O–H groups in total. The van der Waals surface area contributed by atoms with Gasteiger partial charge in [-0.1, -0.05) is 0 Å². The van der Waals surface area contributed by atoms with Crippen molar-refractivity contribution in [2.45, 2.75) is 31.0 Å². The summed E-state index contributed by atoms with van der Waals surface area (Å²) in [5.41, 5.74) is 6.69. The molecule has 3 unspecified atom stereocenters. The van der Waals surface area contributed by atoms with Gasteiger partial charge in [-0.15, -0.1) is 0 Å². The molecule has 0 spiro atoms. The van der Waals surface area contributed by atoms with Gasteiger partial charge in [0.25, 0.3) is 0 Å². The predicted octanol–water partition coefficient (Wildman–Crippen LogP) is -0.947. The van der Waals surface area contributed by atoms with E-state index >= 15 is 0 Å². The number of aliphatic hydroxyl groups excluding tert-OH is 1. The first kappa shape index (κ1) is 14.9. The van der Waals surface area contributed by atoms with Gasteiger partial charge in [0.1, 0.15) is 36.3 Å². The van der Waals surface area contributed by atoms with Crippen LogP contribution in [-0.4, -0.2) is 60.5 Å². The van der Waals surface area contributed by atoms with Crippen molar-refractivity contribution in [1.29, 1.82) is 0 Å². The maximum Gasteiger partial charge on any atom is 0.472 e. The molecular weight excluding hydrogens is 329 g/mol. The Morgan fingerprint density at radius 1 is 1.43 bits per heavy atom. The number of anilines is 1. The molecule has 4 heterocycles. The molecule has 2 saturated heterocycles. The van der Waals surface area contributed by atoms with E-state index in [0.29, 0.717) is 11.2 Å². The molecule has 2 aromatic heterocycles. The van der Waals surface area contributed by atoms with E-state index in [9.17, 15) is 14.6 Å². The van der Waals surface area contributed by atoms with Crippen molar-refractivity contribution in [1.82, 2.24) is 19.5 Å². The molecule has 0 saturated carbocycles. The zero-order chi connectivity index (χ0) is 16.2. The number of nitrogens with zero attached hydrogens (tertiary/aromatic N) is 4.